The molecule has 0 atom stereocenters. The highest BCUT2D eigenvalue weighted by molar-refractivity contribution is 5.74. The van der Waals surface area contributed by atoms with E-state index in [9.17, 15) is 25.1 Å². The number of rotatable bonds is 7. The summed E-state index contributed by atoms with van der Waals surface area (Å²) >= 11 is 0. The zero-order valence-corrected chi connectivity index (χ0v) is 14.9. The average Bonchev–Trinajstić information content (AvgIpc) is 2.72. The van der Waals surface area contributed by atoms with Crippen LogP contribution in [-0.2, 0) is 13.1 Å². The molecule has 138 valence electrons. The second-order valence-corrected chi connectivity index (χ2v) is 7.50. The zero-order valence-electron chi connectivity index (χ0n) is 14.9. The fraction of sp³-hybridized carbons (Fsp3) is 0.625. The fourth-order valence-corrected chi connectivity index (χ4v) is 2.47. The van der Waals surface area contributed by atoms with Crippen LogP contribution in [0.2, 0.25) is 0 Å². The minimum atomic E-state index is -0.977. The molecule has 9 heteroatoms. The van der Waals surface area contributed by atoms with Crippen LogP contribution in [0.4, 0.5) is 5.69 Å². The van der Waals surface area contributed by atoms with E-state index < -0.39 is 16.1 Å². The first-order valence-electron chi connectivity index (χ1n) is 8.07. The number of nitro groups is 1. The van der Waals surface area contributed by atoms with Gasteiger partial charge in [0, 0.05) is 19.2 Å². The number of nitrogens with zero attached hydrogens (tertiary/aromatic N) is 4. The van der Waals surface area contributed by atoms with Gasteiger partial charge in [-0.15, -0.1) is 0 Å². The van der Waals surface area contributed by atoms with Gasteiger partial charge >= 0.3 is 5.69 Å². The molecule has 2 rings (SSSR count). The molecule has 2 aromatic heterocycles. The Morgan fingerprint density at radius 3 is 2.12 bits per heavy atom. The monoisotopic (exact) mass is 352 g/mol. The summed E-state index contributed by atoms with van der Waals surface area (Å²) < 4.78 is 2.79. The molecule has 25 heavy (non-hydrogen) atoms. The van der Waals surface area contributed by atoms with Gasteiger partial charge in [0.25, 0.3) is 5.69 Å². The SMILES string of the molecule is CC(C)(O)CCn1c(=O)n(CCC(C)(C)O)c2ncc([N+](=O)[O-])cc21. The Kier molecular flexibility index (Phi) is 5.01. The van der Waals surface area contributed by atoms with Crippen LogP contribution in [0.25, 0.3) is 11.2 Å². The van der Waals surface area contributed by atoms with Gasteiger partial charge in [-0.2, -0.15) is 0 Å². The third-order valence-electron chi connectivity index (χ3n) is 3.95. The van der Waals surface area contributed by atoms with Crippen molar-refractivity contribution >= 4 is 16.9 Å². The van der Waals surface area contributed by atoms with Gasteiger partial charge in [0.15, 0.2) is 5.65 Å². The number of aromatic nitrogens is 3. The molecule has 2 aromatic rings. The average molecular weight is 352 g/mol. The molecule has 0 radical (unpaired) electrons. The molecule has 0 aliphatic heterocycles. The molecule has 9 nitrogen and oxygen atoms in total. The Hall–Kier alpha value is -2.26. The minimum absolute atomic E-state index is 0.204. The standard InChI is InChI=1S/C16H24N4O5/c1-15(2,22)5-7-18-12-9-11(20(24)25)10-17-13(12)19(14(18)21)8-6-16(3,4)23/h9-10,22-23H,5-8H2,1-4H3. The van der Waals surface area contributed by atoms with Crippen LogP contribution < -0.4 is 5.69 Å². The maximum absolute atomic E-state index is 12.8. The quantitative estimate of drug-likeness (QED) is 0.574. The molecule has 0 aliphatic carbocycles. The van der Waals surface area contributed by atoms with Gasteiger partial charge in [-0.25, -0.2) is 9.78 Å². The van der Waals surface area contributed by atoms with Crippen molar-refractivity contribution < 1.29 is 15.1 Å². The fourth-order valence-electron chi connectivity index (χ4n) is 2.47. The van der Waals surface area contributed by atoms with E-state index in [0.717, 1.165) is 6.20 Å². The van der Waals surface area contributed by atoms with Crippen molar-refractivity contribution in [3.05, 3.63) is 32.9 Å². The molecular weight excluding hydrogens is 328 g/mol. The first-order valence-corrected chi connectivity index (χ1v) is 8.07. The van der Waals surface area contributed by atoms with Gasteiger partial charge < -0.3 is 10.2 Å². The van der Waals surface area contributed by atoms with E-state index >= 15 is 0 Å². The third-order valence-corrected chi connectivity index (χ3v) is 3.95. The largest absolute Gasteiger partial charge is 0.390 e. The van der Waals surface area contributed by atoms with Crippen LogP contribution in [-0.4, -0.2) is 40.5 Å². The van der Waals surface area contributed by atoms with Gasteiger partial charge in [-0.3, -0.25) is 19.2 Å². The Labute approximate surface area is 144 Å². The predicted octanol–water partition coefficient (Wildman–Crippen LogP) is 1.43. The molecule has 2 heterocycles. The van der Waals surface area contributed by atoms with E-state index in [2.05, 4.69) is 4.98 Å². The van der Waals surface area contributed by atoms with E-state index in [1.54, 1.807) is 27.7 Å². The van der Waals surface area contributed by atoms with Gasteiger partial charge in [-0.1, -0.05) is 0 Å². The summed E-state index contributed by atoms with van der Waals surface area (Å²) in [6.07, 6.45) is 1.75. The molecule has 0 aliphatic rings. The van der Waals surface area contributed by atoms with E-state index in [1.807, 2.05) is 0 Å². The summed E-state index contributed by atoms with van der Waals surface area (Å²) in [5.74, 6) is 0. The van der Waals surface area contributed by atoms with E-state index in [-0.39, 0.29) is 24.5 Å². The van der Waals surface area contributed by atoms with E-state index in [4.69, 9.17) is 0 Å². The lowest BCUT2D eigenvalue weighted by atomic mass is 10.1. The highest BCUT2D eigenvalue weighted by atomic mass is 16.6. The van der Waals surface area contributed by atoms with E-state index in [0.29, 0.717) is 24.0 Å². The normalized spacial score (nSPS) is 12.7. The maximum Gasteiger partial charge on any atom is 0.330 e. The number of hydrogen-bond donors (Lipinski definition) is 2. The van der Waals surface area contributed by atoms with Gasteiger partial charge in [0.1, 0.15) is 6.20 Å². The summed E-state index contributed by atoms with van der Waals surface area (Å²) in [5.41, 5.74) is -1.83. The molecule has 0 fully saturated rings. The van der Waals surface area contributed by atoms with E-state index in [1.165, 1.54) is 15.2 Å². The summed E-state index contributed by atoms with van der Waals surface area (Å²) in [5, 5.41) is 30.9. The first kappa shape index (κ1) is 19.1. The number of fused-ring (bicyclic) bond motifs is 1. The van der Waals surface area contributed by atoms with Crippen LogP contribution >= 0.6 is 0 Å². The van der Waals surface area contributed by atoms with Crippen molar-refractivity contribution in [3.63, 3.8) is 0 Å². The molecular formula is C16H24N4O5. The molecule has 0 aromatic carbocycles. The number of imidazole rings is 1. The molecule has 0 saturated heterocycles. The number of aryl methyl sites for hydroxylation is 2. The lowest BCUT2D eigenvalue weighted by Crippen LogP contribution is -2.30. The van der Waals surface area contributed by atoms with Gasteiger partial charge in [0.2, 0.25) is 0 Å². The molecule has 0 amide bonds. The Morgan fingerprint density at radius 2 is 1.64 bits per heavy atom. The van der Waals surface area contributed by atoms with Crippen LogP contribution in [0, 0.1) is 10.1 Å². The Bertz CT molecular complexity index is 839. The maximum atomic E-state index is 12.8. The predicted molar refractivity (Wildman–Crippen MR) is 92.5 cm³/mol. The molecule has 0 saturated carbocycles. The van der Waals surface area contributed by atoms with Gasteiger partial charge in [0.05, 0.1) is 21.6 Å². The smallest absolute Gasteiger partial charge is 0.330 e. The van der Waals surface area contributed by atoms with Crippen molar-refractivity contribution in [2.75, 3.05) is 0 Å². The summed E-state index contributed by atoms with van der Waals surface area (Å²) in [6.45, 7) is 6.99. The highest BCUT2D eigenvalue weighted by Gasteiger charge is 2.22. The minimum Gasteiger partial charge on any atom is -0.390 e. The van der Waals surface area contributed by atoms with Crippen LogP contribution in [0.1, 0.15) is 40.5 Å². The van der Waals surface area contributed by atoms with Crippen molar-refractivity contribution in [3.8, 4) is 0 Å². The third kappa shape index (κ3) is 4.64. The summed E-state index contributed by atoms with van der Waals surface area (Å²) in [6, 6.07) is 1.31. The summed E-state index contributed by atoms with van der Waals surface area (Å²) in [7, 11) is 0. The van der Waals surface area contributed by atoms with Crippen LogP contribution in [0.5, 0.6) is 0 Å². The summed E-state index contributed by atoms with van der Waals surface area (Å²) in [4.78, 5) is 27.3. The highest BCUT2D eigenvalue weighted by Crippen LogP contribution is 2.20. The zero-order chi connectivity index (χ0) is 19.0. The molecule has 0 bridgehead atoms. The Morgan fingerprint density at radius 1 is 1.12 bits per heavy atom. The van der Waals surface area contributed by atoms with Crippen LogP contribution in [0.15, 0.2) is 17.1 Å². The topological polar surface area (TPSA) is 123 Å². The number of hydrogen-bond acceptors (Lipinski definition) is 6. The first-order chi connectivity index (χ1) is 11.4. The lowest BCUT2D eigenvalue weighted by Gasteiger charge is -2.17. The second-order valence-electron chi connectivity index (χ2n) is 7.50. The second kappa shape index (κ2) is 6.57. The van der Waals surface area contributed by atoms with Crippen molar-refractivity contribution in [2.24, 2.45) is 0 Å². The number of aliphatic hydroxyl groups is 2. The molecule has 2 N–H and O–H groups in total. The molecule has 0 spiro atoms. The van der Waals surface area contributed by atoms with Gasteiger partial charge in [-0.05, 0) is 40.5 Å². The number of pyridine rings is 1. The van der Waals surface area contributed by atoms with Crippen molar-refractivity contribution in [1.29, 1.82) is 0 Å². The Balaban J connectivity index is 2.55. The van der Waals surface area contributed by atoms with Crippen molar-refractivity contribution in [2.45, 2.75) is 64.8 Å². The molecule has 0 unspecified atom stereocenters. The lowest BCUT2D eigenvalue weighted by molar-refractivity contribution is -0.385. The van der Waals surface area contributed by atoms with Crippen LogP contribution in [0.3, 0.4) is 0 Å². The van der Waals surface area contributed by atoms with Crippen molar-refractivity contribution in [1.82, 2.24) is 14.1 Å².